The highest BCUT2D eigenvalue weighted by Crippen LogP contribution is 2.24. The molecule has 1 nitrogen and oxygen atoms in total. The highest BCUT2D eigenvalue weighted by atomic mass is 79.9. The minimum atomic E-state index is 0.666. The maximum absolute atomic E-state index is 5.62. The Labute approximate surface area is 102 Å². The van der Waals surface area contributed by atoms with E-state index in [1.807, 2.05) is 18.2 Å². The van der Waals surface area contributed by atoms with Gasteiger partial charge in [-0.2, -0.15) is 0 Å². The fourth-order valence-corrected chi connectivity index (χ4v) is 2.48. The van der Waals surface area contributed by atoms with Crippen molar-refractivity contribution in [1.29, 1.82) is 0 Å². The summed E-state index contributed by atoms with van der Waals surface area (Å²) in [5, 5.41) is 2.06. The van der Waals surface area contributed by atoms with Gasteiger partial charge >= 0.3 is 0 Å². The van der Waals surface area contributed by atoms with Gasteiger partial charge in [0, 0.05) is 5.56 Å². The van der Waals surface area contributed by atoms with Crippen LogP contribution in [-0.4, -0.2) is 0 Å². The van der Waals surface area contributed by atoms with Gasteiger partial charge in [-0.05, 0) is 32.9 Å². The van der Waals surface area contributed by atoms with Crippen LogP contribution in [0.25, 0.3) is 0 Å². The predicted octanol–water partition coefficient (Wildman–Crippen LogP) is 4.23. The van der Waals surface area contributed by atoms with Gasteiger partial charge in [-0.25, -0.2) is 0 Å². The second kappa shape index (κ2) is 5.45. The largest absolute Gasteiger partial charge is 0.372 e. The first-order valence-electron chi connectivity index (χ1n) is 4.70. The van der Waals surface area contributed by atoms with Crippen LogP contribution < -0.4 is 0 Å². The van der Waals surface area contributed by atoms with Crippen molar-refractivity contribution in [1.82, 2.24) is 0 Å². The molecule has 3 heteroatoms. The highest BCUT2D eigenvalue weighted by Gasteiger charge is 2.00. The zero-order valence-corrected chi connectivity index (χ0v) is 10.6. The van der Waals surface area contributed by atoms with E-state index in [-0.39, 0.29) is 0 Å². The molecule has 0 saturated carbocycles. The van der Waals surface area contributed by atoms with Gasteiger partial charge in [0.1, 0.15) is 0 Å². The van der Waals surface area contributed by atoms with E-state index in [1.54, 1.807) is 11.3 Å². The third-order valence-corrected chi connectivity index (χ3v) is 3.87. The zero-order valence-electron chi connectivity index (χ0n) is 8.15. The molecule has 1 heterocycles. The normalized spacial score (nSPS) is 10.5. The summed E-state index contributed by atoms with van der Waals surface area (Å²) in [5.41, 5.74) is 2.43. The number of hydrogen-bond acceptors (Lipinski definition) is 2. The minimum absolute atomic E-state index is 0.666. The van der Waals surface area contributed by atoms with Crippen LogP contribution in [0.4, 0.5) is 0 Å². The van der Waals surface area contributed by atoms with Crippen LogP contribution in [0.5, 0.6) is 0 Å². The second-order valence-electron chi connectivity index (χ2n) is 3.20. The lowest BCUT2D eigenvalue weighted by Crippen LogP contribution is -1.92. The van der Waals surface area contributed by atoms with Gasteiger partial charge in [-0.15, -0.1) is 11.3 Å². The number of thiophene rings is 1. The van der Waals surface area contributed by atoms with Gasteiger partial charge in [-0.3, -0.25) is 0 Å². The van der Waals surface area contributed by atoms with Crippen LogP contribution in [0.2, 0.25) is 0 Å². The third-order valence-electron chi connectivity index (χ3n) is 2.06. The van der Waals surface area contributed by atoms with Crippen LogP contribution >= 0.6 is 27.3 Å². The lowest BCUT2D eigenvalue weighted by molar-refractivity contribution is 0.107. The molecule has 0 unspecified atom stereocenters. The Bertz CT molecular complexity index is 411. The van der Waals surface area contributed by atoms with Gasteiger partial charge in [0.05, 0.1) is 17.0 Å². The molecule has 1 aromatic carbocycles. The van der Waals surface area contributed by atoms with E-state index < -0.39 is 0 Å². The molecule has 0 spiro atoms. The molecular formula is C12H11BrOS. The summed E-state index contributed by atoms with van der Waals surface area (Å²) in [6.45, 7) is 1.34. The quantitative estimate of drug-likeness (QED) is 0.816. The van der Waals surface area contributed by atoms with Crippen molar-refractivity contribution >= 4 is 27.3 Å². The Kier molecular flexibility index (Phi) is 3.94. The molecule has 2 rings (SSSR count). The summed E-state index contributed by atoms with van der Waals surface area (Å²) in [7, 11) is 0. The molecule has 0 aliphatic heterocycles. The van der Waals surface area contributed by atoms with Crippen molar-refractivity contribution in [2.24, 2.45) is 0 Å². The van der Waals surface area contributed by atoms with Crippen LogP contribution in [0.1, 0.15) is 11.1 Å². The van der Waals surface area contributed by atoms with Crippen molar-refractivity contribution in [3.8, 4) is 0 Å². The molecule has 0 saturated heterocycles. The van der Waals surface area contributed by atoms with Crippen molar-refractivity contribution in [3.63, 3.8) is 0 Å². The first-order valence-corrected chi connectivity index (χ1v) is 6.37. The zero-order chi connectivity index (χ0) is 10.5. The Hall–Kier alpha value is -0.640. The average molecular weight is 283 g/mol. The number of rotatable bonds is 4. The molecule has 0 N–H and O–H groups in total. The summed E-state index contributed by atoms with van der Waals surface area (Å²) < 4.78 is 6.78. The fraction of sp³-hybridized carbons (Fsp3) is 0.167. The Morgan fingerprint density at radius 2 is 1.87 bits per heavy atom. The van der Waals surface area contributed by atoms with Crippen molar-refractivity contribution in [2.45, 2.75) is 13.2 Å². The Morgan fingerprint density at radius 3 is 2.53 bits per heavy atom. The van der Waals surface area contributed by atoms with E-state index in [0.29, 0.717) is 13.2 Å². The fourth-order valence-electron chi connectivity index (χ4n) is 1.28. The highest BCUT2D eigenvalue weighted by molar-refractivity contribution is 9.11. The van der Waals surface area contributed by atoms with Crippen LogP contribution in [0, 0.1) is 0 Å². The molecule has 0 amide bonds. The van der Waals surface area contributed by atoms with E-state index >= 15 is 0 Å². The maximum atomic E-state index is 5.62. The van der Waals surface area contributed by atoms with Crippen LogP contribution in [-0.2, 0) is 18.0 Å². The number of hydrogen-bond donors (Lipinski definition) is 0. The monoisotopic (exact) mass is 282 g/mol. The van der Waals surface area contributed by atoms with Crippen LogP contribution in [0.3, 0.4) is 0 Å². The summed E-state index contributed by atoms with van der Waals surface area (Å²) in [6.07, 6.45) is 0. The summed E-state index contributed by atoms with van der Waals surface area (Å²) in [4.78, 5) is 0. The van der Waals surface area contributed by atoms with Gasteiger partial charge in [0.2, 0.25) is 0 Å². The average Bonchev–Trinajstić information content (AvgIpc) is 2.66. The van der Waals surface area contributed by atoms with Crippen molar-refractivity contribution < 1.29 is 4.74 Å². The first-order chi connectivity index (χ1) is 7.36. The van der Waals surface area contributed by atoms with Gasteiger partial charge in [0.25, 0.3) is 0 Å². The molecule has 0 radical (unpaired) electrons. The number of halogens is 1. The molecule has 78 valence electrons. The molecule has 0 atom stereocenters. The van der Waals surface area contributed by atoms with E-state index in [9.17, 15) is 0 Å². The Morgan fingerprint density at radius 1 is 1.07 bits per heavy atom. The summed E-state index contributed by atoms with van der Waals surface area (Å²) in [5.74, 6) is 0. The molecule has 0 fully saturated rings. The van der Waals surface area contributed by atoms with Crippen LogP contribution in [0.15, 0.2) is 45.6 Å². The predicted molar refractivity (Wildman–Crippen MR) is 67.0 cm³/mol. The van der Waals surface area contributed by atoms with Crippen molar-refractivity contribution in [2.75, 3.05) is 0 Å². The molecule has 1 aromatic heterocycles. The molecule has 15 heavy (non-hydrogen) atoms. The molecule has 0 aliphatic carbocycles. The van der Waals surface area contributed by atoms with E-state index in [0.717, 1.165) is 3.79 Å². The minimum Gasteiger partial charge on any atom is -0.372 e. The van der Waals surface area contributed by atoms with Gasteiger partial charge in [-0.1, -0.05) is 30.3 Å². The smallest absolute Gasteiger partial charge is 0.0753 e. The lowest BCUT2D eigenvalue weighted by Gasteiger charge is -2.03. The molecular weight excluding hydrogens is 272 g/mol. The number of ether oxygens (including phenoxy) is 1. The summed E-state index contributed by atoms with van der Waals surface area (Å²) in [6, 6.07) is 12.3. The standard InChI is InChI=1S/C12H11BrOS/c13-12-11(6-7-15-12)9-14-8-10-4-2-1-3-5-10/h1-7H,8-9H2. The SMILES string of the molecule is Brc1sccc1COCc1ccccc1. The Balaban J connectivity index is 1.83. The van der Waals surface area contributed by atoms with E-state index in [4.69, 9.17) is 4.74 Å². The van der Waals surface area contributed by atoms with E-state index in [2.05, 4.69) is 39.5 Å². The molecule has 0 bridgehead atoms. The maximum Gasteiger partial charge on any atom is 0.0753 e. The topological polar surface area (TPSA) is 9.23 Å². The third kappa shape index (κ3) is 3.16. The van der Waals surface area contributed by atoms with Gasteiger partial charge in [0.15, 0.2) is 0 Å². The second-order valence-corrected chi connectivity index (χ2v) is 5.43. The molecule has 0 aliphatic rings. The first kappa shape index (κ1) is 10.9. The van der Waals surface area contributed by atoms with Crippen molar-refractivity contribution in [3.05, 3.63) is 56.7 Å². The van der Waals surface area contributed by atoms with E-state index in [1.165, 1.54) is 11.1 Å². The summed E-state index contributed by atoms with van der Waals surface area (Å²) >= 11 is 5.18. The lowest BCUT2D eigenvalue weighted by atomic mass is 10.2. The van der Waals surface area contributed by atoms with Gasteiger partial charge < -0.3 is 4.74 Å². The molecule has 2 aromatic rings. The number of benzene rings is 1.